The third-order valence-corrected chi connectivity index (χ3v) is 1.97. The first-order chi connectivity index (χ1) is 4.97. The zero-order valence-corrected chi connectivity index (χ0v) is 5.98. The Morgan fingerprint density at radius 1 is 1.20 bits per heavy atom. The molecule has 1 fully saturated rings. The summed E-state index contributed by atoms with van der Waals surface area (Å²) < 4.78 is 0. The zero-order valence-electron chi connectivity index (χ0n) is 5.98. The van der Waals surface area contributed by atoms with E-state index in [2.05, 4.69) is 22.0 Å². The molecule has 0 saturated carbocycles. The average molecular weight is 139 g/mol. The van der Waals surface area contributed by atoms with Crippen LogP contribution < -0.4 is 16.0 Å². The minimum Gasteiger partial charge on any atom is -0.386 e. The van der Waals surface area contributed by atoms with E-state index in [4.69, 9.17) is 0 Å². The summed E-state index contributed by atoms with van der Waals surface area (Å²) >= 11 is 0. The molecule has 0 aliphatic carbocycles. The van der Waals surface area contributed by atoms with Crippen molar-refractivity contribution in [2.45, 2.75) is 12.6 Å². The van der Waals surface area contributed by atoms with Crippen molar-refractivity contribution < 1.29 is 0 Å². The smallest absolute Gasteiger partial charge is 0.0982 e. The number of hydrogen-bond donors (Lipinski definition) is 3. The van der Waals surface area contributed by atoms with Gasteiger partial charge in [-0.3, -0.25) is 10.6 Å². The molecule has 0 aromatic carbocycles. The van der Waals surface area contributed by atoms with Crippen molar-refractivity contribution in [3.05, 3.63) is 11.8 Å². The van der Waals surface area contributed by atoms with Crippen molar-refractivity contribution in [1.29, 1.82) is 0 Å². The second kappa shape index (κ2) is 2.60. The van der Waals surface area contributed by atoms with Gasteiger partial charge in [-0.25, -0.2) is 0 Å². The number of hydrogen-bond acceptors (Lipinski definition) is 3. The zero-order chi connectivity index (χ0) is 6.81. The summed E-state index contributed by atoms with van der Waals surface area (Å²) in [5.74, 6) is 0. The van der Waals surface area contributed by atoms with Gasteiger partial charge >= 0.3 is 0 Å². The highest BCUT2D eigenvalue weighted by Gasteiger charge is 2.18. The summed E-state index contributed by atoms with van der Waals surface area (Å²) in [7, 11) is 0. The van der Waals surface area contributed by atoms with Crippen LogP contribution in [0.25, 0.3) is 0 Å². The second-order valence-electron chi connectivity index (χ2n) is 2.72. The molecule has 0 aromatic heterocycles. The Bertz CT molecular complexity index is 147. The maximum Gasteiger partial charge on any atom is 0.0982 e. The van der Waals surface area contributed by atoms with Crippen LogP contribution in [-0.4, -0.2) is 25.8 Å². The summed E-state index contributed by atoms with van der Waals surface area (Å²) in [5, 5.41) is 10.0. The molecule has 0 radical (unpaired) electrons. The van der Waals surface area contributed by atoms with Crippen molar-refractivity contribution in [3.63, 3.8) is 0 Å². The van der Waals surface area contributed by atoms with E-state index in [0.717, 1.165) is 19.6 Å². The Morgan fingerprint density at radius 3 is 2.60 bits per heavy atom. The highest BCUT2D eigenvalue weighted by atomic mass is 15.2. The van der Waals surface area contributed by atoms with Gasteiger partial charge in [-0.05, 0) is 6.42 Å². The second-order valence-corrected chi connectivity index (χ2v) is 2.72. The standard InChI is InChI=1S/C7H13N3/c1-2-6(8-3-1)7-9-4-5-10-7/h2,7-10H,1,3-5H2. The van der Waals surface area contributed by atoms with Crippen molar-refractivity contribution in [2.24, 2.45) is 0 Å². The first-order valence-electron chi connectivity index (χ1n) is 3.87. The molecule has 0 amide bonds. The van der Waals surface area contributed by atoms with Crippen LogP contribution in [0, 0.1) is 0 Å². The predicted octanol–water partition coefficient (Wildman–Crippen LogP) is -0.617. The molecule has 56 valence electrons. The summed E-state index contributed by atoms with van der Waals surface area (Å²) in [5.41, 5.74) is 1.33. The van der Waals surface area contributed by atoms with Crippen LogP contribution in [0.4, 0.5) is 0 Å². The highest BCUT2D eigenvalue weighted by Crippen LogP contribution is 2.05. The van der Waals surface area contributed by atoms with Crippen LogP contribution in [0.2, 0.25) is 0 Å². The first kappa shape index (κ1) is 6.19. The minimum atomic E-state index is 0.405. The molecule has 3 heteroatoms. The fourth-order valence-corrected chi connectivity index (χ4v) is 1.46. The molecule has 0 bridgehead atoms. The van der Waals surface area contributed by atoms with Gasteiger partial charge in [-0.2, -0.15) is 0 Å². The Morgan fingerprint density at radius 2 is 2.00 bits per heavy atom. The molecular weight excluding hydrogens is 126 g/mol. The molecule has 3 N–H and O–H groups in total. The highest BCUT2D eigenvalue weighted by molar-refractivity contribution is 5.13. The number of nitrogens with one attached hydrogen (secondary N) is 3. The molecule has 0 atom stereocenters. The fraction of sp³-hybridized carbons (Fsp3) is 0.714. The molecule has 0 aromatic rings. The number of rotatable bonds is 1. The molecule has 2 aliphatic heterocycles. The quantitative estimate of drug-likeness (QED) is 0.453. The van der Waals surface area contributed by atoms with E-state index in [-0.39, 0.29) is 0 Å². The van der Waals surface area contributed by atoms with E-state index in [9.17, 15) is 0 Å². The average Bonchev–Trinajstić information content (AvgIpc) is 2.59. The van der Waals surface area contributed by atoms with Crippen molar-refractivity contribution in [1.82, 2.24) is 16.0 Å². The van der Waals surface area contributed by atoms with Crippen molar-refractivity contribution in [2.75, 3.05) is 19.6 Å². The Hall–Kier alpha value is -0.540. The van der Waals surface area contributed by atoms with Crippen LogP contribution in [0.15, 0.2) is 11.8 Å². The molecule has 2 aliphatic rings. The maximum atomic E-state index is 3.36. The van der Waals surface area contributed by atoms with E-state index in [1.54, 1.807) is 0 Å². The summed E-state index contributed by atoms with van der Waals surface area (Å²) in [6, 6.07) is 0. The summed E-state index contributed by atoms with van der Waals surface area (Å²) in [6.45, 7) is 3.28. The first-order valence-corrected chi connectivity index (χ1v) is 3.87. The normalized spacial score (nSPS) is 26.6. The van der Waals surface area contributed by atoms with Gasteiger partial charge in [-0.15, -0.1) is 0 Å². The molecule has 1 saturated heterocycles. The topological polar surface area (TPSA) is 36.1 Å². The third-order valence-electron chi connectivity index (χ3n) is 1.97. The molecule has 0 unspecified atom stereocenters. The Kier molecular flexibility index (Phi) is 1.61. The van der Waals surface area contributed by atoms with Gasteiger partial charge in [0.2, 0.25) is 0 Å². The van der Waals surface area contributed by atoms with Crippen molar-refractivity contribution in [3.8, 4) is 0 Å². The van der Waals surface area contributed by atoms with Crippen LogP contribution in [0.3, 0.4) is 0 Å². The Labute approximate surface area is 60.9 Å². The monoisotopic (exact) mass is 139 g/mol. The van der Waals surface area contributed by atoms with E-state index in [1.807, 2.05) is 0 Å². The van der Waals surface area contributed by atoms with Crippen LogP contribution >= 0.6 is 0 Å². The summed E-state index contributed by atoms with van der Waals surface area (Å²) in [4.78, 5) is 0. The van der Waals surface area contributed by atoms with Gasteiger partial charge in [0, 0.05) is 25.3 Å². The maximum absolute atomic E-state index is 3.36. The molecule has 0 spiro atoms. The van der Waals surface area contributed by atoms with E-state index in [1.165, 1.54) is 12.1 Å². The van der Waals surface area contributed by atoms with Gasteiger partial charge in [0.05, 0.1) is 6.17 Å². The SMILES string of the molecule is C1=C(C2NCCN2)NCC1. The van der Waals surface area contributed by atoms with Crippen LogP contribution in [0.5, 0.6) is 0 Å². The van der Waals surface area contributed by atoms with Crippen LogP contribution in [-0.2, 0) is 0 Å². The lowest BCUT2D eigenvalue weighted by Crippen LogP contribution is -2.37. The molecule has 2 rings (SSSR count). The molecule has 3 nitrogen and oxygen atoms in total. The van der Waals surface area contributed by atoms with Crippen molar-refractivity contribution >= 4 is 0 Å². The molecule has 10 heavy (non-hydrogen) atoms. The summed E-state index contributed by atoms with van der Waals surface area (Å²) in [6.07, 6.45) is 3.84. The predicted molar refractivity (Wildman–Crippen MR) is 40.5 cm³/mol. The van der Waals surface area contributed by atoms with E-state index >= 15 is 0 Å². The minimum absolute atomic E-state index is 0.405. The Balaban J connectivity index is 1.97. The van der Waals surface area contributed by atoms with E-state index < -0.39 is 0 Å². The van der Waals surface area contributed by atoms with Gasteiger partial charge in [0.15, 0.2) is 0 Å². The van der Waals surface area contributed by atoms with E-state index in [0.29, 0.717) is 6.17 Å². The van der Waals surface area contributed by atoms with Gasteiger partial charge in [0.1, 0.15) is 0 Å². The largest absolute Gasteiger partial charge is 0.386 e. The van der Waals surface area contributed by atoms with Gasteiger partial charge in [-0.1, -0.05) is 6.08 Å². The lowest BCUT2D eigenvalue weighted by Gasteiger charge is -2.12. The fourth-order valence-electron chi connectivity index (χ4n) is 1.46. The van der Waals surface area contributed by atoms with Gasteiger partial charge in [0.25, 0.3) is 0 Å². The molecule has 2 heterocycles. The van der Waals surface area contributed by atoms with Crippen LogP contribution in [0.1, 0.15) is 6.42 Å². The lowest BCUT2D eigenvalue weighted by molar-refractivity contribution is 0.596. The lowest BCUT2D eigenvalue weighted by atomic mass is 10.3. The van der Waals surface area contributed by atoms with Gasteiger partial charge < -0.3 is 5.32 Å². The molecular formula is C7H13N3. The third kappa shape index (κ3) is 1.02.